The van der Waals surface area contributed by atoms with Crippen LogP contribution in [0.2, 0.25) is 5.02 Å². The molecule has 1 N–H and O–H groups in total. The van der Waals surface area contributed by atoms with Gasteiger partial charge in [-0.15, -0.1) is 5.10 Å². The monoisotopic (exact) mass is 663 g/mol. The van der Waals surface area contributed by atoms with E-state index in [0.717, 1.165) is 5.56 Å². The van der Waals surface area contributed by atoms with Gasteiger partial charge in [0.2, 0.25) is 11.1 Å². The summed E-state index contributed by atoms with van der Waals surface area (Å²) in [5.74, 6) is 1.17. The summed E-state index contributed by atoms with van der Waals surface area (Å²) in [5, 5.41) is 9.11. The lowest BCUT2D eigenvalue weighted by Crippen LogP contribution is -2.34. The number of amides is 1. The first-order chi connectivity index (χ1) is 19.7. The molecule has 0 spiro atoms. The number of fused-ring (bicyclic) bond motifs is 1. The number of rotatable bonds is 11. The summed E-state index contributed by atoms with van der Waals surface area (Å²) in [4.78, 5) is 31.9. The predicted octanol–water partition coefficient (Wildman–Crippen LogP) is 5.70. The Morgan fingerprint density at radius 3 is 2.59 bits per heavy atom. The number of methoxy groups -OCH3 is 2. The van der Waals surface area contributed by atoms with E-state index in [-0.39, 0.29) is 12.5 Å². The average molecular weight is 665 g/mol. The number of nitrogens with one attached hydrogen (secondary N) is 1. The van der Waals surface area contributed by atoms with Crippen molar-refractivity contribution in [2.24, 2.45) is 0 Å². The van der Waals surface area contributed by atoms with Crippen LogP contribution in [0.25, 0.3) is 0 Å². The van der Waals surface area contributed by atoms with Crippen LogP contribution in [0, 0.1) is 0 Å². The Labute approximate surface area is 256 Å². The highest BCUT2D eigenvalue weighted by molar-refractivity contribution is 9.10. The van der Waals surface area contributed by atoms with Crippen LogP contribution in [-0.2, 0) is 20.1 Å². The van der Waals surface area contributed by atoms with Crippen LogP contribution in [0.4, 0.5) is 5.95 Å². The van der Waals surface area contributed by atoms with E-state index in [1.807, 2.05) is 44.2 Å². The van der Waals surface area contributed by atoms with Crippen molar-refractivity contribution >= 4 is 57.1 Å². The molecule has 41 heavy (non-hydrogen) atoms. The first-order valence-corrected chi connectivity index (χ1v) is 15.0. The van der Waals surface area contributed by atoms with Gasteiger partial charge >= 0.3 is 5.97 Å². The molecule has 218 valence electrons. The molecule has 1 atom stereocenters. The lowest BCUT2D eigenvalue weighted by molar-refractivity contribution is -0.136. The minimum Gasteiger partial charge on any atom is -0.493 e. The number of allylic oxidation sites excluding steroid dienone is 1. The average Bonchev–Trinajstić information content (AvgIpc) is 3.37. The largest absolute Gasteiger partial charge is 0.493 e. The summed E-state index contributed by atoms with van der Waals surface area (Å²) < 4.78 is 18.9. The Bertz CT molecular complexity index is 1480. The zero-order valence-electron chi connectivity index (χ0n) is 23.4. The molecule has 0 saturated carbocycles. The highest BCUT2D eigenvalue weighted by Crippen LogP contribution is 2.43. The molecule has 0 saturated heterocycles. The number of likely N-dealkylation sites (N-methyl/N-ethyl adjacent to an activating group) is 1. The Balaban J connectivity index is 1.70. The smallest absolute Gasteiger partial charge is 0.338 e. The molecule has 0 aliphatic carbocycles. The van der Waals surface area contributed by atoms with E-state index in [9.17, 15) is 9.59 Å². The number of nitrogens with zero attached hydrogens (tertiary/aromatic N) is 4. The number of anilines is 1. The van der Waals surface area contributed by atoms with E-state index < -0.39 is 12.0 Å². The van der Waals surface area contributed by atoms with Crippen molar-refractivity contribution in [1.82, 2.24) is 19.7 Å². The van der Waals surface area contributed by atoms with Crippen LogP contribution in [-0.4, -0.2) is 65.5 Å². The number of carbonyl (C=O) groups excluding carboxylic acids is 2. The van der Waals surface area contributed by atoms with E-state index in [1.54, 1.807) is 22.6 Å². The van der Waals surface area contributed by atoms with Crippen molar-refractivity contribution in [3.8, 4) is 11.5 Å². The predicted molar refractivity (Wildman–Crippen MR) is 162 cm³/mol. The van der Waals surface area contributed by atoms with Crippen LogP contribution in [0.1, 0.15) is 37.9 Å². The van der Waals surface area contributed by atoms with E-state index in [2.05, 4.69) is 26.2 Å². The third kappa shape index (κ3) is 6.65. The quantitative estimate of drug-likeness (QED) is 0.204. The fraction of sp³-hybridized carbons (Fsp3) is 0.357. The third-order valence-corrected chi connectivity index (χ3v) is 8.42. The summed E-state index contributed by atoms with van der Waals surface area (Å²) in [6, 6.07) is 10.5. The Hall–Kier alpha value is -3.22. The number of benzene rings is 2. The van der Waals surface area contributed by atoms with Gasteiger partial charge in [0, 0.05) is 29.6 Å². The fourth-order valence-corrected chi connectivity index (χ4v) is 6.16. The summed E-state index contributed by atoms with van der Waals surface area (Å²) in [7, 11) is 2.85. The minimum atomic E-state index is -0.683. The molecular weight excluding hydrogens is 634 g/mol. The topological polar surface area (TPSA) is 108 Å². The van der Waals surface area contributed by atoms with Crippen LogP contribution >= 0.6 is 39.3 Å². The van der Waals surface area contributed by atoms with Crippen molar-refractivity contribution in [2.75, 3.05) is 39.2 Å². The molecule has 0 fully saturated rings. The van der Waals surface area contributed by atoms with Gasteiger partial charge in [0.1, 0.15) is 6.04 Å². The van der Waals surface area contributed by atoms with Crippen LogP contribution in [0.5, 0.6) is 11.5 Å². The molecular formula is C28H31BrClN5O5S. The van der Waals surface area contributed by atoms with Gasteiger partial charge in [0.15, 0.2) is 18.1 Å². The number of halogens is 2. The van der Waals surface area contributed by atoms with Crippen LogP contribution < -0.4 is 14.8 Å². The van der Waals surface area contributed by atoms with Crippen LogP contribution in [0.3, 0.4) is 0 Å². The van der Waals surface area contributed by atoms with Crippen molar-refractivity contribution in [3.05, 3.63) is 68.3 Å². The lowest BCUT2D eigenvalue weighted by atomic mass is 9.95. The number of ether oxygens (including phenoxy) is 3. The number of esters is 1. The molecule has 0 bridgehead atoms. The third-order valence-electron chi connectivity index (χ3n) is 6.58. The molecule has 4 rings (SSSR count). The summed E-state index contributed by atoms with van der Waals surface area (Å²) in [6.45, 7) is 6.66. The van der Waals surface area contributed by atoms with Crippen LogP contribution in [0.15, 0.2) is 57.3 Å². The van der Waals surface area contributed by atoms with Crippen molar-refractivity contribution in [3.63, 3.8) is 0 Å². The van der Waals surface area contributed by atoms with Gasteiger partial charge in [-0.3, -0.25) is 4.79 Å². The molecule has 3 aromatic rings. The van der Waals surface area contributed by atoms with Crippen molar-refractivity contribution in [2.45, 2.75) is 37.7 Å². The van der Waals surface area contributed by atoms with Crippen molar-refractivity contribution in [1.29, 1.82) is 0 Å². The number of hydrogen-bond acceptors (Lipinski definition) is 9. The summed E-state index contributed by atoms with van der Waals surface area (Å²) in [5.41, 5.74) is 2.59. The van der Waals surface area contributed by atoms with Gasteiger partial charge in [0.25, 0.3) is 5.91 Å². The lowest BCUT2D eigenvalue weighted by Gasteiger charge is -2.28. The van der Waals surface area contributed by atoms with E-state index >= 15 is 0 Å². The first kappa shape index (κ1) is 30.7. The van der Waals surface area contributed by atoms with Gasteiger partial charge < -0.3 is 24.4 Å². The van der Waals surface area contributed by atoms with Gasteiger partial charge in [-0.2, -0.15) is 4.98 Å². The Kier molecular flexibility index (Phi) is 10.2. The maximum absolute atomic E-state index is 13.0. The number of hydrogen-bond donors (Lipinski definition) is 1. The summed E-state index contributed by atoms with van der Waals surface area (Å²) in [6.07, 6.45) is 0. The maximum Gasteiger partial charge on any atom is 0.338 e. The SMILES string of the molecule is CCN(CC)C(=O)COc1c(Br)cc(C2C(C(=O)OC)=C(C)Nc3nc(SCc4ccccc4Cl)nn32)cc1OC. The molecule has 2 heterocycles. The molecule has 1 unspecified atom stereocenters. The zero-order valence-corrected chi connectivity index (χ0v) is 26.5. The van der Waals surface area contributed by atoms with E-state index in [4.69, 9.17) is 30.9 Å². The molecule has 1 aromatic heterocycles. The summed E-state index contributed by atoms with van der Waals surface area (Å²) >= 11 is 11.3. The molecule has 10 nitrogen and oxygen atoms in total. The second-order valence-corrected chi connectivity index (χ2v) is 11.2. The number of carbonyl (C=O) groups is 2. The van der Waals surface area contributed by atoms with Gasteiger partial charge in [0.05, 0.1) is 24.3 Å². The number of thioether (sulfide) groups is 1. The van der Waals surface area contributed by atoms with Gasteiger partial charge in [-0.1, -0.05) is 41.6 Å². The molecule has 2 aromatic carbocycles. The zero-order chi connectivity index (χ0) is 29.7. The maximum atomic E-state index is 13.0. The normalized spacial score (nSPS) is 14.3. The van der Waals surface area contributed by atoms with Gasteiger partial charge in [-0.05, 0) is 66.0 Å². The molecule has 0 radical (unpaired) electrons. The number of aromatic nitrogens is 3. The Morgan fingerprint density at radius 1 is 1.20 bits per heavy atom. The van der Waals surface area contributed by atoms with E-state index in [0.29, 0.717) is 67.8 Å². The van der Waals surface area contributed by atoms with Gasteiger partial charge in [-0.25, -0.2) is 9.48 Å². The minimum absolute atomic E-state index is 0.132. The standard InChI is InChI=1S/C28H31BrClN5O5S/c1-6-34(7-2)22(36)14-40-25-19(29)12-18(13-21(25)38-4)24-23(26(37)39-5)16(3)31-27-32-28(33-35(24)27)41-15-17-10-8-9-11-20(17)30/h8-13,24H,6-7,14-15H2,1-5H3,(H,31,32,33). The molecule has 1 amide bonds. The highest BCUT2D eigenvalue weighted by atomic mass is 79.9. The molecule has 1 aliphatic heterocycles. The molecule has 13 heteroatoms. The molecule has 1 aliphatic rings. The fourth-order valence-electron chi connectivity index (χ4n) is 4.47. The second kappa shape index (κ2) is 13.6. The second-order valence-electron chi connectivity index (χ2n) is 8.99. The van der Waals surface area contributed by atoms with Crippen molar-refractivity contribution < 1.29 is 23.8 Å². The first-order valence-electron chi connectivity index (χ1n) is 12.9. The Morgan fingerprint density at radius 2 is 1.93 bits per heavy atom. The van der Waals surface area contributed by atoms with E-state index in [1.165, 1.54) is 26.0 Å². The highest BCUT2D eigenvalue weighted by Gasteiger charge is 2.36.